The predicted molar refractivity (Wildman–Crippen MR) is 63.6 cm³/mol. The minimum atomic E-state index is 0.302. The number of hydrogen-bond acceptors (Lipinski definition) is 4. The van der Waals surface area contributed by atoms with Gasteiger partial charge >= 0.3 is 0 Å². The molecule has 88 valence electrons. The molecule has 0 spiro atoms. The van der Waals surface area contributed by atoms with E-state index in [9.17, 15) is 0 Å². The highest BCUT2D eigenvalue weighted by molar-refractivity contribution is 5.37. The van der Waals surface area contributed by atoms with Gasteiger partial charge in [-0.05, 0) is 19.3 Å². The molecule has 0 radical (unpaired) electrons. The molecule has 0 bridgehead atoms. The molecule has 16 heavy (non-hydrogen) atoms. The molecule has 1 fully saturated rings. The monoisotopic (exact) mass is 221 g/mol. The van der Waals surface area contributed by atoms with Crippen molar-refractivity contribution in [2.75, 3.05) is 25.1 Å². The van der Waals surface area contributed by atoms with Gasteiger partial charge in [0.1, 0.15) is 5.82 Å². The molecule has 0 saturated carbocycles. The maximum Gasteiger partial charge on any atom is 0.147 e. The van der Waals surface area contributed by atoms with Gasteiger partial charge in [0.15, 0.2) is 0 Å². The van der Waals surface area contributed by atoms with Crippen LogP contribution in [0.15, 0.2) is 12.4 Å². The van der Waals surface area contributed by atoms with Crippen LogP contribution in [0.4, 0.5) is 5.82 Å². The summed E-state index contributed by atoms with van der Waals surface area (Å²) >= 11 is 0. The summed E-state index contributed by atoms with van der Waals surface area (Å²) in [5, 5.41) is 0. The second-order valence-electron chi connectivity index (χ2n) is 4.50. The first kappa shape index (κ1) is 11.3. The van der Waals surface area contributed by atoms with Crippen molar-refractivity contribution in [1.29, 1.82) is 0 Å². The van der Waals surface area contributed by atoms with Crippen LogP contribution in [0.25, 0.3) is 0 Å². The maximum absolute atomic E-state index is 5.50. The zero-order valence-corrected chi connectivity index (χ0v) is 10.2. The fourth-order valence-electron chi connectivity index (χ4n) is 2.15. The molecule has 2 atom stereocenters. The summed E-state index contributed by atoms with van der Waals surface area (Å²) in [5.74, 6) is 1.59. The molecular formula is C12H19N3O. The number of anilines is 1. The Morgan fingerprint density at radius 1 is 1.44 bits per heavy atom. The molecule has 1 aromatic rings. The number of ether oxygens (including phenoxy) is 1. The van der Waals surface area contributed by atoms with Crippen molar-refractivity contribution in [2.45, 2.75) is 26.4 Å². The van der Waals surface area contributed by atoms with E-state index in [1.54, 1.807) is 13.3 Å². The molecule has 0 N–H and O–H groups in total. The van der Waals surface area contributed by atoms with Crippen molar-refractivity contribution in [3.8, 4) is 0 Å². The lowest BCUT2D eigenvalue weighted by Crippen LogP contribution is -2.44. The first-order valence-corrected chi connectivity index (χ1v) is 5.77. The number of aromatic nitrogens is 2. The third kappa shape index (κ3) is 2.32. The van der Waals surface area contributed by atoms with Gasteiger partial charge in [-0.15, -0.1) is 0 Å². The van der Waals surface area contributed by atoms with E-state index < -0.39 is 0 Å². The highest BCUT2D eigenvalue weighted by Gasteiger charge is 2.26. The normalized spacial score (nSPS) is 25.8. The van der Waals surface area contributed by atoms with Crippen molar-refractivity contribution in [3.05, 3.63) is 18.1 Å². The Hall–Kier alpha value is -1.16. The van der Waals surface area contributed by atoms with Crippen LogP contribution in [0.5, 0.6) is 0 Å². The number of aryl methyl sites for hydroxylation is 1. The summed E-state index contributed by atoms with van der Waals surface area (Å²) in [5.41, 5.74) is 0.963. The number of methoxy groups -OCH3 is 1. The first-order valence-electron chi connectivity index (χ1n) is 5.77. The lowest BCUT2D eigenvalue weighted by atomic mass is 9.96. The summed E-state index contributed by atoms with van der Waals surface area (Å²) in [6, 6.07) is 0. The molecule has 1 aromatic heterocycles. The van der Waals surface area contributed by atoms with Crippen molar-refractivity contribution in [1.82, 2.24) is 9.97 Å². The number of piperidine rings is 1. The van der Waals surface area contributed by atoms with Gasteiger partial charge in [0.25, 0.3) is 0 Å². The van der Waals surface area contributed by atoms with Crippen LogP contribution in [-0.4, -0.2) is 36.3 Å². The molecule has 2 unspecified atom stereocenters. The van der Waals surface area contributed by atoms with Gasteiger partial charge in [0, 0.05) is 26.4 Å². The Morgan fingerprint density at radius 2 is 2.25 bits per heavy atom. The SMILES string of the molecule is COC1CN(c2cncc(C)n2)CCC1C. The van der Waals surface area contributed by atoms with Gasteiger partial charge in [0.2, 0.25) is 0 Å². The lowest BCUT2D eigenvalue weighted by Gasteiger charge is -2.36. The second kappa shape index (κ2) is 4.78. The van der Waals surface area contributed by atoms with E-state index in [4.69, 9.17) is 4.74 Å². The first-order chi connectivity index (χ1) is 7.70. The van der Waals surface area contributed by atoms with E-state index in [-0.39, 0.29) is 0 Å². The third-order valence-electron chi connectivity index (χ3n) is 3.26. The number of rotatable bonds is 2. The Labute approximate surface area is 96.7 Å². The van der Waals surface area contributed by atoms with Crippen molar-refractivity contribution in [2.24, 2.45) is 5.92 Å². The standard InChI is InChI=1S/C12H19N3O/c1-9-4-5-15(8-11(9)16-3)12-7-13-6-10(2)14-12/h6-7,9,11H,4-5,8H2,1-3H3. The molecule has 2 rings (SSSR count). The summed E-state index contributed by atoms with van der Waals surface area (Å²) in [6.45, 7) is 6.17. The predicted octanol–water partition coefficient (Wildman–Crippen LogP) is 1.65. The van der Waals surface area contributed by atoms with Crippen LogP contribution in [0.2, 0.25) is 0 Å². The second-order valence-corrected chi connectivity index (χ2v) is 4.50. The van der Waals surface area contributed by atoms with Gasteiger partial charge in [-0.1, -0.05) is 6.92 Å². The van der Waals surface area contributed by atoms with Gasteiger partial charge in [-0.25, -0.2) is 4.98 Å². The van der Waals surface area contributed by atoms with Crippen LogP contribution in [0, 0.1) is 12.8 Å². The lowest BCUT2D eigenvalue weighted by molar-refractivity contribution is 0.0496. The highest BCUT2D eigenvalue weighted by Crippen LogP contribution is 2.22. The molecular weight excluding hydrogens is 202 g/mol. The fraction of sp³-hybridized carbons (Fsp3) is 0.667. The molecule has 1 saturated heterocycles. The maximum atomic E-state index is 5.50. The topological polar surface area (TPSA) is 38.2 Å². The van der Waals surface area contributed by atoms with Crippen LogP contribution in [-0.2, 0) is 4.74 Å². The molecule has 4 nitrogen and oxygen atoms in total. The van der Waals surface area contributed by atoms with Crippen LogP contribution < -0.4 is 4.90 Å². The third-order valence-corrected chi connectivity index (χ3v) is 3.26. The number of nitrogens with zero attached hydrogens (tertiary/aromatic N) is 3. The Balaban J connectivity index is 2.11. The van der Waals surface area contributed by atoms with Crippen LogP contribution >= 0.6 is 0 Å². The average Bonchev–Trinajstić information content (AvgIpc) is 2.29. The summed E-state index contributed by atoms with van der Waals surface area (Å²) in [4.78, 5) is 10.9. The van der Waals surface area contributed by atoms with Gasteiger partial charge < -0.3 is 9.64 Å². The van der Waals surface area contributed by atoms with E-state index in [2.05, 4.69) is 21.8 Å². The van der Waals surface area contributed by atoms with E-state index >= 15 is 0 Å². The molecule has 4 heteroatoms. The van der Waals surface area contributed by atoms with Crippen molar-refractivity contribution in [3.63, 3.8) is 0 Å². The van der Waals surface area contributed by atoms with Gasteiger partial charge in [0.05, 0.1) is 18.0 Å². The largest absolute Gasteiger partial charge is 0.379 e. The fourth-order valence-corrected chi connectivity index (χ4v) is 2.15. The quantitative estimate of drug-likeness (QED) is 0.761. The molecule has 0 aliphatic carbocycles. The summed E-state index contributed by atoms with van der Waals surface area (Å²) in [6.07, 6.45) is 5.06. The van der Waals surface area contributed by atoms with E-state index in [0.29, 0.717) is 12.0 Å². The van der Waals surface area contributed by atoms with E-state index in [1.165, 1.54) is 0 Å². The Bertz CT molecular complexity index is 356. The summed E-state index contributed by atoms with van der Waals surface area (Å²) < 4.78 is 5.50. The minimum Gasteiger partial charge on any atom is -0.379 e. The van der Waals surface area contributed by atoms with Crippen molar-refractivity contribution < 1.29 is 4.74 Å². The molecule has 0 aromatic carbocycles. The Morgan fingerprint density at radius 3 is 2.94 bits per heavy atom. The Kier molecular flexibility index (Phi) is 3.39. The van der Waals surface area contributed by atoms with Crippen LogP contribution in [0.1, 0.15) is 19.0 Å². The molecule has 1 aliphatic rings. The summed E-state index contributed by atoms with van der Waals surface area (Å²) in [7, 11) is 1.78. The minimum absolute atomic E-state index is 0.302. The molecule has 1 aliphatic heterocycles. The van der Waals surface area contributed by atoms with E-state index in [0.717, 1.165) is 31.0 Å². The highest BCUT2D eigenvalue weighted by atomic mass is 16.5. The smallest absolute Gasteiger partial charge is 0.147 e. The average molecular weight is 221 g/mol. The molecule has 2 heterocycles. The zero-order chi connectivity index (χ0) is 11.5. The van der Waals surface area contributed by atoms with E-state index in [1.807, 2.05) is 13.1 Å². The number of hydrogen-bond donors (Lipinski definition) is 0. The van der Waals surface area contributed by atoms with Gasteiger partial charge in [-0.2, -0.15) is 0 Å². The zero-order valence-electron chi connectivity index (χ0n) is 10.2. The van der Waals surface area contributed by atoms with Gasteiger partial charge in [-0.3, -0.25) is 4.98 Å². The molecule has 0 amide bonds. The van der Waals surface area contributed by atoms with Crippen LogP contribution in [0.3, 0.4) is 0 Å². The van der Waals surface area contributed by atoms with Crippen molar-refractivity contribution >= 4 is 5.82 Å².